The summed E-state index contributed by atoms with van der Waals surface area (Å²) in [5.74, 6) is 0.791. The molecule has 4 heteroatoms. The van der Waals surface area contributed by atoms with E-state index in [2.05, 4.69) is 10.6 Å². The molecule has 94 valence electrons. The minimum atomic E-state index is -0.0478. The van der Waals surface area contributed by atoms with Gasteiger partial charge in [-0.25, -0.2) is 0 Å². The second-order valence-corrected chi connectivity index (χ2v) is 4.90. The quantitative estimate of drug-likeness (QED) is 0.690. The maximum absolute atomic E-state index is 11.3. The third-order valence-corrected chi connectivity index (χ3v) is 1.99. The smallest absolute Gasteiger partial charge is 0.220 e. The molecule has 0 fully saturated rings. The van der Waals surface area contributed by atoms with Crippen molar-refractivity contribution in [2.24, 2.45) is 11.8 Å². The van der Waals surface area contributed by atoms with Crippen molar-refractivity contribution in [2.75, 3.05) is 13.1 Å². The first-order chi connectivity index (χ1) is 7.41. The summed E-state index contributed by atoms with van der Waals surface area (Å²) < 4.78 is 0. The average molecular weight is 228 g/mol. The topological polar surface area (TPSA) is 58.2 Å². The first kappa shape index (κ1) is 14.9. The van der Waals surface area contributed by atoms with E-state index in [-0.39, 0.29) is 24.7 Å². The zero-order chi connectivity index (χ0) is 12.6. The summed E-state index contributed by atoms with van der Waals surface area (Å²) in [6, 6.07) is 0. The van der Waals surface area contributed by atoms with E-state index in [0.717, 1.165) is 0 Å². The number of nitrogens with one attached hydrogen (secondary N) is 2. The van der Waals surface area contributed by atoms with Crippen LogP contribution in [0, 0.1) is 11.8 Å². The van der Waals surface area contributed by atoms with Gasteiger partial charge in [-0.15, -0.1) is 0 Å². The second kappa shape index (κ2) is 8.13. The number of rotatable bonds is 7. The fourth-order valence-electron chi connectivity index (χ4n) is 1.04. The van der Waals surface area contributed by atoms with Crippen LogP contribution < -0.4 is 10.6 Å². The van der Waals surface area contributed by atoms with Crippen LogP contribution in [0.1, 0.15) is 40.5 Å². The highest BCUT2D eigenvalue weighted by Crippen LogP contribution is 1.93. The van der Waals surface area contributed by atoms with Crippen LogP contribution in [0.3, 0.4) is 0 Å². The molecule has 0 aromatic rings. The molecule has 0 saturated carbocycles. The molecule has 0 heterocycles. The molecule has 2 amide bonds. The molecule has 0 saturated heterocycles. The lowest BCUT2D eigenvalue weighted by molar-refractivity contribution is -0.126. The van der Waals surface area contributed by atoms with Crippen molar-refractivity contribution in [3.8, 4) is 0 Å². The molecule has 0 bridgehead atoms. The van der Waals surface area contributed by atoms with Crippen LogP contribution in [0.4, 0.5) is 0 Å². The molecule has 0 aliphatic rings. The van der Waals surface area contributed by atoms with Gasteiger partial charge in [-0.05, 0) is 11.8 Å². The van der Waals surface area contributed by atoms with Gasteiger partial charge in [-0.3, -0.25) is 9.59 Å². The van der Waals surface area contributed by atoms with Crippen molar-refractivity contribution in [3.63, 3.8) is 0 Å². The third-order valence-electron chi connectivity index (χ3n) is 1.99. The fourth-order valence-corrected chi connectivity index (χ4v) is 1.04. The van der Waals surface area contributed by atoms with Crippen molar-refractivity contribution in [3.05, 3.63) is 0 Å². The Morgan fingerprint density at radius 2 is 1.12 bits per heavy atom. The average Bonchev–Trinajstić information content (AvgIpc) is 2.20. The summed E-state index contributed by atoms with van der Waals surface area (Å²) in [4.78, 5) is 22.6. The van der Waals surface area contributed by atoms with Gasteiger partial charge in [0.2, 0.25) is 11.8 Å². The summed E-state index contributed by atoms with van der Waals surface area (Å²) in [5, 5.41) is 5.57. The van der Waals surface area contributed by atoms with Crippen molar-refractivity contribution < 1.29 is 9.59 Å². The first-order valence-corrected chi connectivity index (χ1v) is 5.95. The Morgan fingerprint density at radius 1 is 0.812 bits per heavy atom. The molecule has 0 atom stereocenters. The first-order valence-electron chi connectivity index (χ1n) is 5.95. The lowest BCUT2D eigenvalue weighted by Gasteiger charge is -2.09. The van der Waals surface area contributed by atoms with Gasteiger partial charge < -0.3 is 10.6 Å². The van der Waals surface area contributed by atoms with Crippen LogP contribution in [0.25, 0.3) is 0 Å². The Balaban J connectivity index is 3.55. The highest BCUT2D eigenvalue weighted by Gasteiger charge is 2.07. The van der Waals surface area contributed by atoms with E-state index >= 15 is 0 Å². The van der Waals surface area contributed by atoms with Crippen molar-refractivity contribution in [1.29, 1.82) is 0 Å². The number of hydrogen-bond acceptors (Lipinski definition) is 2. The molecule has 0 aromatic carbocycles. The Kier molecular flexibility index (Phi) is 7.60. The number of carbonyl (C=O) groups is 2. The summed E-state index contributed by atoms with van der Waals surface area (Å²) in [6.45, 7) is 9.50. The van der Waals surface area contributed by atoms with Crippen LogP contribution >= 0.6 is 0 Å². The monoisotopic (exact) mass is 228 g/mol. The molecule has 0 aromatic heterocycles. The van der Waals surface area contributed by atoms with Crippen LogP contribution in [0.2, 0.25) is 0 Å². The molecule has 0 unspecified atom stereocenters. The normalized spacial score (nSPS) is 10.6. The van der Waals surface area contributed by atoms with Crippen LogP contribution in [-0.4, -0.2) is 24.9 Å². The minimum Gasteiger partial charge on any atom is -0.356 e. The summed E-state index contributed by atoms with van der Waals surface area (Å²) >= 11 is 0. The zero-order valence-electron chi connectivity index (χ0n) is 10.8. The maximum Gasteiger partial charge on any atom is 0.220 e. The van der Waals surface area contributed by atoms with E-state index in [1.54, 1.807) is 0 Å². The van der Waals surface area contributed by atoms with Gasteiger partial charge in [-0.1, -0.05) is 27.7 Å². The number of hydrogen-bond donors (Lipinski definition) is 2. The zero-order valence-corrected chi connectivity index (χ0v) is 10.8. The standard InChI is InChI=1S/C12H24N2O2/c1-9(2)7-13-11(15)5-6-12(16)14-8-10(3)4/h9-10H,5-8H2,1-4H3,(H,13,15)(H,14,16). The molecule has 2 N–H and O–H groups in total. The number of amides is 2. The molecule has 0 rings (SSSR count). The molecule has 0 radical (unpaired) electrons. The molecular weight excluding hydrogens is 204 g/mol. The van der Waals surface area contributed by atoms with Crippen molar-refractivity contribution >= 4 is 11.8 Å². The molecule has 0 aliphatic heterocycles. The molecule has 0 spiro atoms. The minimum absolute atomic E-state index is 0.0478. The van der Waals surface area contributed by atoms with Gasteiger partial charge in [0.1, 0.15) is 0 Å². The Bertz CT molecular complexity index is 201. The molecule has 4 nitrogen and oxygen atoms in total. The third kappa shape index (κ3) is 9.49. The van der Waals surface area contributed by atoms with Gasteiger partial charge in [0.15, 0.2) is 0 Å². The number of carbonyl (C=O) groups excluding carboxylic acids is 2. The Morgan fingerprint density at radius 3 is 1.38 bits per heavy atom. The molecule has 0 aliphatic carbocycles. The predicted octanol–water partition coefficient (Wildman–Crippen LogP) is 1.31. The van der Waals surface area contributed by atoms with E-state index < -0.39 is 0 Å². The van der Waals surface area contributed by atoms with Gasteiger partial charge in [0.25, 0.3) is 0 Å². The van der Waals surface area contributed by atoms with Gasteiger partial charge in [0.05, 0.1) is 0 Å². The van der Waals surface area contributed by atoms with E-state index in [1.807, 2.05) is 27.7 Å². The fraction of sp³-hybridized carbons (Fsp3) is 0.833. The SMILES string of the molecule is CC(C)CNC(=O)CCC(=O)NCC(C)C. The van der Waals surface area contributed by atoms with Gasteiger partial charge in [-0.2, -0.15) is 0 Å². The van der Waals surface area contributed by atoms with Crippen molar-refractivity contribution in [2.45, 2.75) is 40.5 Å². The predicted molar refractivity (Wildman–Crippen MR) is 64.9 cm³/mol. The summed E-state index contributed by atoms with van der Waals surface area (Å²) in [5.41, 5.74) is 0. The lowest BCUT2D eigenvalue weighted by Crippen LogP contribution is -2.31. The van der Waals surface area contributed by atoms with Crippen LogP contribution in [0.5, 0.6) is 0 Å². The van der Waals surface area contributed by atoms with Crippen molar-refractivity contribution in [1.82, 2.24) is 10.6 Å². The molecule has 16 heavy (non-hydrogen) atoms. The Hall–Kier alpha value is -1.06. The largest absolute Gasteiger partial charge is 0.356 e. The highest BCUT2D eigenvalue weighted by atomic mass is 16.2. The highest BCUT2D eigenvalue weighted by molar-refractivity contribution is 5.83. The molecular formula is C12H24N2O2. The van der Waals surface area contributed by atoms with E-state index in [4.69, 9.17) is 0 Å². The van der Waals surface area contributed by atoms with Gasteiger partial charge >= 0.3 is 0 Å². The lowest BCUT2D eigenvalue weighted by atomic mass is 10.2. The van der Waals surface area contributed by atoms with Crippen LogP contribution in [-0.2, 0) is 9.59 Å². The maximum atomic E-state index is 11.3. The van der Waals surface area contributed by atoms with E-state index in [0.29, 0.717) is 24.9 Å². The summed E-state index contributed by atoms with van der Waals surface area (Å²) in [6.07, 6.45) is 0.549. The summed E-state index contributed by atoms with van der Waals surface area (Å²) in [7, 11) is 0. The van der Waals surface area contributed by atoms with E-state index in [1.165, 1.54) is 0 Å². The second-order valence-electron chi connectivity index (χ2n) is 4.90. The van der Waals surface area contributed by atoms with E-state index in [9.17, 15) is 9.59 Å². The Labute approximate surface area is 98.2 Å². The van der Waals surface area contributed by atoms with Gasteiger partial charge in [0, 0.05) is 25.9 Å². The van der Waals surface area contributed by atoms with Crippen LogP contribution in [0.15, 0.2) is 0 Å².